The first-order chi connectivity index (χ1) is 9.06. The van der Waals surface area contributed by atoms with E-state index in [1.165, 1.54) is 0 Å². The number of amides is 2. The van der Waals surface area contributed by atoms with Gasteiger partial charge >= 0.3 is 12.0 Å². The van der Waals surface area contributed by atoms with Crippen molar-refractivity contribution in [3.8, 4) is 0 Å². The van der Waals surface area contributed by atoms with Crippen molar-refractivity contribution in [2.24, 2.45) is 5.92 Å². The number of aryl methyl sites for hydroxylation is 1. The van der Waals surface area contributed by atoms with Crippen LogP contribution >= 0.6 is 0 Å². The fourth-order valence-corrected chi connectivity index (χ4v) is 1.73. The van der Waals surface area contributed by atoms with Gasteiger partial charge in [0.2, 0.25) is 5.89 Å². The van der Waals surface area contributed by atoms with Crippen molar-refractivity contribution in [1.82, 2.24) is 20.8 Å². The molecule has 1 aliphatic rings. The Balaban J connectivity index is 1.70. The molecule has 2 rings (SSSR count). The minimum absolute atomic E-state index is 0.0584. The lowest BCUT2D eigenvalue weighted by Crippen LogP contribution is -2.47. The molecule has 0 bridgehead atoms. The number of aliphatic carboxylic acids is 1. The van der Waals surface area contributed by atoms with Gasteiger partial charge in [0.25, 0.3) is 0 Å². The predicted octanol–water partition coefficient (Wildman–Crippen LogP) is 0.0829. The third kappa shape index (κ3) is 3.94. The summed E-state index contributed by atoms with van der Waals surface area (Å²) in [7, 11) is 0. The van der Waals surface area contributed by atoms with Crippen molar-refractivity contribution in [3.05, 3.63) is 11.7 Å². The van der Waals surface area contributed by atoms with Crippen molar-refractivity contribution < 1.29 is 19.2 Å². The van der Waals surface area contributed by atoms with Gasteiger partial charge in [-0.2, -0.15) is 4.98 Å². The first-order valence-electron chi connectivity index (χ1n) is 6.12. The van der Waals surface area contributed by atoms with Crippen LogP contribution in [0.2, 0.25) is 0 Å². The van der Waals surface area contributed by atoms with E-state index in [4.69, 9.17) is 9.63 Å². The standard InChI is InChI=1S/C11H16N4O4/c1-6-13-8(15-19-6)4-5-12-11(18)14-9(10(16)17)7-2-3-7/h7,9H,2-5H2,1H3,(H,16,17)(H2,12,14,18). The molecule has 1 atom stereocenters. The molecule has 0 radical (unpaired) electrons. The smallest absolute Gasteiger partial charge is 0.326 e. The molecule has 1 fully saturated rings. The van der Waals surface area contributed by atoms with Crippen molar-refractivity contribution >= 4 is 12.0 Å². The van der Waals surface area contributed by atoms with Crippen LogP contribution in [-0.4, -0.2) is 39.8 Å². The summed E-state index contributed by atoms with van der Waals surface area (Å²) in [4.78, 5) is 26.5. The summed E-state index contributed by atoms with van der Waals surface area (Å²) in [5.41, 5.74) is 0. The van der Waals surface area contributed by atoms with Gasteiger partial charge in [-0.15, -0.1) is 0 Å². The molecule has 19 heavy (non-hydrogen) atoms. The van der Waals surface area contributed by atoms with Crippen LogP contribution in [0.1, 0.15) is 24.6 Å². The third-order valence-electron chi connectivity index (χ3n) is 2.85. The monoisotopic (exact) mass is 268 g/mol. The van der Waals surface area contributed by atoms with Crippen LogP contribution in [0.25, 0.3) is 0 Å². The molecule has 0 saturated heterocycles. The maximum atomic E-state index is 11.5. The van der Waals surface area contributed by atoms with Crippen molar-refractivity contribution in [2.75, 3.05) is 6.54 Å². The Morgan fingerprint density at radius 3 is 2.79 bits per heavy atom. The molecule has 1 heterocycles. The minimum Gasteiger partial charge on any atom is -0.480 e. The van der Waals surface area contributed by atoms with Crippen molar-refractivity contribution in [3.63, 3.8) is 0 Å². The number of hydrogen-bond donors (Lipinski definition) is 3. The van der Waals surface area contributed by atoms with Gasteiger partial charge < -0.3 is 20.3 Å². The van der Waals surface area contributed by atoms with E-state index in [1.807, 2.05) is 0 Å². The summed E-state index contributed by atoms with van der Waals surface area (Å²) in [6.07, 6.45) is 2.13. The molecule has 1 aromatic rings. The molecule has 0 aliphatic heterocycles. The first-order valence-corrected chi connectivity index (χ1v) is 6.12. The molecule has 8 heteroatoms. The Kier molecular flexibility index (Phi) is 3.98. The number of rotatable bonds is 6. The molecule has 2 amide bonds. The largest absolute Gasteiger partial charge is 0.480 e. The van der Waals surface area contributed by atoms with Gasteiger partial charge in [0.15, 0.2) is 5.82 Å². The molecular weight excluding hydrogens is 252 g/mol. The Morgan fingerprint density at radius 1 is 1.53 bits per heavy atom. The Morgan fingerprint density at radius 2 is 2.26 bits per heavy atom. The van der Waals surface area contributed by atoms with E-state index in [0.29, 0.717) is 24.7 Å². The number of carboxylic acids is 1. The molecule has 0 spiro atoms. The number of carbonyl (C=O) groups excluding carboxylic acids is 1. The summed E-state index contributed by atoms with van der Waals surface area (Å²) in [5.74, 6) is 0.0449. The molecule has 8 nitrogen and oxygen atoms in total. The average molecular weight is 268 g/mol. The van der Waals surface area contributed by atoms with E-state index in [2.05, 4.69) is 20.8 Å². The molecule has 1 saturated carbocycles. The van der Waals surface area contributed by atoms with E-state index in [1.54, 1.807) is 6.92 Å². The predicted molar refractivity (Wildman–Crippen MR) is 63.4 cm³/mol. The van der Waals surface area contributed by atoms with E-state index < -0.39 is 18.0 Å². The maximum absolute atomic E-state index is 11.5. The van der Waals surface area contributed by atoms with Gasteiger partial charge in [-0.3, -0.25) is 0 Å². The van der Waals surface area contributed by atoms with Crippen LogP contribution in [0.15, 0.2) is 4.52 Å². The fraction of sp³-hybridized carbons (Fsp3) is 0.636. The zero-order valence-corrected chi connectivity index (χ0v) is 10.5. The summed E-state index contributed by atoms with van der Waals surface area (Å²) in [6.45, 7) is 2.01. The minimum atomic E-state index is -0.994. The highest BCUT2D eigenvalue weighted by molar-refractivity contribution is 5.83. The van der Waals surface area contributed by atoms with E-state index in [9.17, 15) is 9.59 Å². The average Bonchev–Trinajstić information content (AvgIpc) is 3.10. The fourth-order valence-electron chi connectivity index (χ4n) is 1.73. The zero-order valence-electron chi connectivity index (χ0n) is 10.5. The van der Waals surface area contributed by atoms with Crippen LogP contribution in [-0.2, 0) is 11.2 Å². The lowest BCUT2D eigenvalue weighted by Gasteiger charge is -2.13. The highest BCUT2D eigenvalue weighted by atomic mass is 16.5. The second-order valence-electron chi connectivity index (χ2n) is 4.53. The second kappa shape index (κ2) is 5.68. The summed E-state index contributed by atoms with van der Waals surface area (Å²) in [6, 6.07) is -1.29. The normalized spacial score (nSPS) is 15.8. The van der Waals surface area contributed by atoms with Crippen LogP contribution < -0.4 is 10.6 Å². The number of carboxylic acid groups (broad SMARTS) is 1. The molecule has 104 valence electrons. The molecule has 1 aromatic heterocycles. The lowest BCUT2D eigenvalue weighted by molar-refractivity contribution is -0.139. The second-order valence-corrected chi connectivity index (χ2v) is 4.53. The SMILES string of the molecule is Cc1nc(CCNC(=O)NC(C(=O)O)C2CC2)no1. The molecule has 0 aromatic carbocycles. The number of nitrogens with one attached hydrogen (secondary N) is 2. The highest BCUT2D eigenvalue weighted by Crippen LogP contribution is 2.32. The summed E-state index contributed by atoms with van der Waals surface area (Å²) in [5, 5.41) is 17.7. The maximum Gasteiger partial charge on any atom is 0.326 e. The first kappa shape index (κ1) is 13.3. The number of hydrogen-bond acceptors (Lipinski definition) is 5. The van der Waals surface area contributed by atoms with Crippen LogP contribution in [0.4, 0.5) is 4.79 Å². The molecular formula is C11H16N4O4. The Labute approximate surface area is 109 Å². The van der Waals surface area contributed by atoms with Crippen LogP contribution in [0.5, 0.6) is 0 Å². The molecule has 3 N–H and O–H groups in total. The number of urea groups is 1. The van der Waals surface area contributed by atoms with Gasteiger partial charge in [-0.25, -0.2) is 9.59 Å². The van der Waals surface area contributed by atoms with E-state index in [0.717, 1.165) is 12.8 Å². The van der Waals surface area contributed by atoms with Crippen molar-refractivity contribution in [2.45, 2.75) is 32.2 Å². The number of nitrogens with zero attached hydrogens (tertiary/aromatic N) is 2. The quantitative estimate of drug-likeness (QED) is 0.672. The van der Waals surface area contributed by atoms with E-state index >= 15 is 0 Å². The van der Waals surface area contributed by atoms with Gasteiger partial charge in [-0.1, -0.05) is 5.16 Å². The van der Waals surface area contributed by atoms with Crippen LogP contribution in [0, 0.1) is 12.8 Å². The van der Waals surface area contributed by atoms with Gasteiger partial charge in [0.1, 0.15) is 6.04 Å². The van der Waals surface area contributed by atoms with Gasteiger partial charge in [0, 0.05) is 19.9 Å². The summed E-state index contributed by atoms with van der Waals surface area (Å²) >= 11 is 0. The topological polar surface area (TPSA) is 117 Å². The van der Waals surface area contributed by atoms with Crippen molar-refractivity contribution in [1.29, 1.82) is 0 Å². The van der Waals surface area contributed by atoms with Gasteiger partial charge in [0.05, 0.1) is 0 Å². The number of carbonyl (C=O) groups is 2. The lowest BCUT2D eigenvalue weighted by atomic mass is 10.2. The third-order valence-corrected chi connectivity index (χ3v) is 2.85. The van der Waals surface area contributed by atoms with E-state index in [-0.39, 0.29) is 5.92 Å². The number of aromatic nitrogens is 2. The van der Waals surface area contributed by atoms with Gasteiger partial charge in [-0.05, 0) is 18.8 Å². The Hall–Kier alpha value is -2.12. The zero-order chi connectivity index (χ0) is 13.8. The molecule has 1 unspecified atom stereocenters. The van der Waals surface area contributed by atoms with Crippen LogP contribution in [0.3, 0.4) is 0 Å². The Bertz CT molecular complexity index is 469. The molecule has 1 aliphatic carbocycles. The highest BCUT2D eigenvalue weighted by Gasteiger charge is 2.37. The summed E-state index contributed by atoms with van der Waals surface area (Å²) < 4.78 is 4.79.